The van der Waals surface area contributed by atoms with Crippen molar-refractivity contribution in [2.24, 2.45) is 0 Å². The van der Waals surface area contributed by atoms with E-state index in [0.717, 1.165) is 0 Å². The molecule has 0 aromatic carbocycles. The number of hydrogen-bond donors (Lipinski definition) is 1. The fourth-order valence-electron chi connectivity index (χ4n) is 1.06. The van der Waals surface area contributed by atoms with Crippen LogP contribution in [0.5, 0.6) is 0 Å². The summed E-state index contributed by atoms with van der Waals surface area (Å²) in [4.78, 5) is 5.23. The second-order valence-electron chi connectivity index (χ2n) is 2.97. The third kappa shape index (κ3) is 8.71. The predicted molar refractivity (Wildman–Crippen MR) is 56.4 cm³/mol. The van der Waals surface area contributed by atoms with Crippen molar-refractivity contribution < 1.29 is 0 Å². The van der Waals surface area contributed by atoms with Gasteiger partial charge in [0.2, 0.25) is 6.54 Å². The van der Waals surface area contributed by atoms with Crippen LogP contribution in [0.2, 0.25) is 0 Å². The first-order valence-corrected chi connectivity index (χ1v) is 4.85. The molecule has 0 amide bonds. The summed E-state index contributed by atoms with van der Waals surface area (Å²) in [5.41, 5.74) is 0. The zero-order valence-corrected chi connectivity index (χ0v) is 8.74. The SMILES string of the molecule is [C-]#[N+]CCNCN(CCC#N)CCC#N. The Morgan fingerprint density at radius 1 is 1.20 bits per heavy atom. The highest BCUT2D eigenvalue weighted by Gasteiger charge is 2.03. The van der Waals surface area contributed by atoms with Gasteiger partial charge in [-0.1, -0.05) is 0 Å². The van der Waals surface area contributed by atoms with Crippen molar-refractivity contribution in [2.45, 2.75) is 12.8 Å². The molecule has 1 N–H and O–H groups in total. The molecule has 0 aliphatic heterocycles. The summed E-state index contributed by atoms with van der Waals surface area (Å²) >= 11 is 0. The van der Waals surface area contributed by atoms with E-state index in [1.54, 1.807) is 0 Å². The summed E-state index contributed by atoms with van der Waals surface area (Å²) in [6.45, 7) is 9.69. The Morgan fingerprint density at radius 2 is 1.80 bits per heavy atom. The molecule has 0 bridgehead atoms. The van der Waals surface area contributed by atoms with Gasteiger partial charge in [0.15, 0.2) is 0 Å². The molecule has 15 heavy (non-hydrogen) atoms. The molecule has 5 nitrogen and oxygen atoms in total. The van der Waals surface area contributed by atoms with Crippen molar-refractivity contribution >= 4 is 0 Å². The number of rotatable bonds is 8. The molecule has 5 heteroatoms. The van der Waals surface area contributed by atoms with Crippen LogP contribution >= 0.6 is 0 Å². The Labute approximate surface area is 90.7 Å². The Morgan fingerprint density at radius 3 is 2.27 bits per heavy atom. The van der Waals surface area contributed by atoms with Crippen molar-refractivity contribution in [2.75, 3.05) is 32.8 Å². The highest BCUT2D eigenvalue weighted by Crippen LogP contribution is 1.91. The standard InChI is InChI=1S/C10H15N5/c1-13-6-7-14-10-15(8-2-4-11)9-3-5-12/h14H,2-3,6-10H2. The van der Waals surface area contributed by atoms with Crippen LogP contribution in [0.3, 0.4) is 0 Å². The van der Waals surface area contributed by atoms with Crippen LogP contribution in [0.4, 0.5) is 0 Å². The van der Waals surface area contributed by atoms with Crippen LogP contribution in [0.15, 0.2) is 0 Å². The van der Waals surface area contributed by atoms with Gasteiger partial charge in [-0.25, -0.2) is 6.57 Å². The topological polar surface area (TPSA) is 67.2 Å². The van der Waals surface area contributed by atoms with Gasteiger partial charge < -0.3 is 4.85 Å². The molecule has 0 aliphatic rings. The molecule has 0 aromatic rings. The highest BCUT2D eigenvalue weighted by molar-refractivity contribution is 4.76. The van der Waals surface area contributed by atoms with Gasteiger partial charge in [-0.2, -0.15) is 10.5 Å². The molecule has 0 unspecified atom stereocenters. The smallest absolute Gasteiger partial charge is 0.227 e. The molecular weight excluding hydrogens is 190 g/mol. The second kappa shape index (κ2) is 10.5. The first-order chi connectivity index (χ1) is 7.35. The second-order valence-corrected chi connectivity index (χ2v) is 2.97. The largest absolute Gasteiger partial charge is 0.316 e. The fraction of sp³-hybridized carbons (Fsp3) is 0.700. The fourth-order valence-corrected chi connectivity index (χ4v) is 1.06. The van der Waals surface area contributed by atoms with Gasteiger partial charge in [0.1, 0.15) is 0 Å². The molecule has 0 spiro atoms. The summed E-state index contributed by atoms with van der Waals surface area (Å²) in [5.74, 6) is 0. The lowest BCUT2D eigenvalue weighted by Gasteiger charge is -2.19. The minimum Gasteiger partial charge on any atom is -0.316 e. The molecule has 0 radical (unpaired) electrons. The van der Waals surface area contributed by atoms with E-state index in [2.05, 4.69) is 22.3 Å². The lowest BCUT2D eigenvalue weighted by molar-refractivity contribution is 0.266. The van der Waals surface area contributed by atoms with Gasteiger partial charge in [-0.15, -0.1) is 0 Å². The van der Waals surface area contributed by atoms with Gasteiger partial charge in [-0.3, -0.25) is 10.2 Å². The van der Waals surface area contributed by atoms with Crippen LogP contribution < -0.4 is 5.32 Å². The van der Waals surface area contributed by atoms with E-state index < -0.39 is 0 Å². The monoisotopic (exact) mass is 205 g/mol. The van der Waals surface area contributed by atoms with Gasteiger partial charge in [-0.05, 0) is 0 Å². The predicted octanol–water partition coefficient (Wildman–Crippen LogP) is 0.582. The molecule has 0 aliphatic carbocycles. The van der Waals surface area contributed by atoms with E-state index in [4.69, 9.17) is 17.1 Å². The molecule has 0 atom stereocenters. The maximum atomic E-state index is 8.45. The zero-order valence-electron chi connectivity index (χ0n) is 8.74. The summed E-state index contributed by atoms with van der Waals surface area (Å²) in [6.07, 6.45) is 0.936. The number of nitriles is 2. The Hall–Kier alpha value is -1.61. The van der Waals surface area contributed by atoms with Gasteiger partial charge >= 0.3 is 0 Å². The third-order valence-corrected chi connectivity index (χ3v) is 1.82. The van der Waals surface area contributed by atoms with Crippen LogP contribution in [0.1, 0.15) is 12.8 Å². The molecular formula is C10H15N5. The average Bonchev–Trinajstić information content (AvgIpc) is 2.27. The number of nitrogens with zero attached hydrogens (tertiary/aromatic N) is 4. The Balaban J connectivity index is 3.66. The quantitative estimate of drug-likeness (QED) is 0.357. The van der Waals surface area contributed by atoms with Crippen LogP contribution in [0.25, 0.3) is 4.85 Å². The molecule has 0 saturated heterocycles. The minimum absolute atomic E-state index is 0.463. The van der Waals surface area contributed by atoms with E-state index >= 15 is 0 Å². The van der Waals surface area contributed by atoms with E-state index in [0.29, 0.717) is 45.7 Å². The average molecular weight is 205 g/mol. The zero-order chi connectivity index (χ0) is 11.4. The number of hydrogen-bond acceptors (Lipinski definition) is 4. The molecule has 0 fully saturated rings. The van der Waals surface area contributed by atoms with Crippen LogP contribution in [-0.2, 0) is 0 Å². The molecule has 0 aromatic heterocycles. The normalized spacial score (nSPS) is 9.20. The first-order valence-electron chi connectivity index (χ1n) is 4.85. The first kappa shape index (κ1) is 13.4. The maximum absolute atomic E-state index is 8.45. The lowest BCUT2D eigenvalue weighted by atomic mass is 10.3. The van der Waals surface area contributed by atoms with Gasteiger partial charge in [0.25, 0.3) is 0 Å². The minimum atomic E-state index is 0.463. The van der Waals surface area contributed by atoms with Crippen molar-refractivity contribution in [3.8, 4) is 12.1 Å². The third-order valence-electron chi connectivity index (χ3n) is 1.82. The summed E-state index contributed by atoms with van der Waals surface area (Å²) in [5, 5.41) is 20.0. The van der Waals surface area contributed by atoms with Gasteiger partial charge in [0.05, 0.1) is 18.7 Å². The molecule has 0 saturated carbocycles. The molecule has 80 valence electrons. The Bertz CT molecular complexity index is 249. The molecule has 0 rings (SSSR count). The van der Waals surface area contributed by atoms with E-state index in [1.807, 2.05) is 4.90 Å². The van der Waals surface area contributed by atoms with Crippen LogP contribution in [-0.4, -0.2) is 37.7 Å². The lowest BCUT2D eigenvalue weighted by Crippen LogP contribution is -2.36. The number of nitrogens with one attached hydrogen (secondary N) is 1. The molecule has 0 heterocycles. The van der Waals surface area contributed by atoms with Gasteiger partial charge in [0, 0.05) is 32.6 Å². The van der Waals surface area contributed by atoms with E-state index in [1.165, 1.54) is 0 Å². The van der Waals surface area contributed by atoms with Crippen LogP contribution in [0, 0.1) is 29.2 Å². The van der Waals surface area contributed by atoms with Crippen molar-refractivity contribution in [3.63, 3.8) is 0 Å². The Kier molecular flexibility index (Phi) is 9.35. The van der Waals surface area contributed by atoms with Crippen molar-refractivity contribution in [3.05, 3.63) is 11.4 Å². The van der Waals surface area contributed by atoms with Crippen molar-refractivity contribution in [1.29, 1.82) is 10.5 Å². The maximum Gasteiger partial charge on any atom is 0.227 e. The van der Waals surface area contributed by atoms with E-state index in [9.17, 15) is 0 Å². The van der Waals surface area contributed by atoms with Crippen molar-refractivity contribution in [1.82, 2.24) is 10.2 Å². The highest BCUT2D eigenvalue weighted by atomic mass is 15.2. The summed E-state index contributed by atoms with van der Waals surface area (Å²) < 4.78 is 0. The van der Waals surface area contributed by atoms with E-state index in [-0.39, 0.29) is 0 Å². The summed E-state index contributed by atoms with van der Waals surface area (Å²) in [6, 6.07) is 4.15. The summed E-state index contributed by atoms with van der Waals surface area (Å²) in [7, 11) is 0.